The fourth-order valence-electron chi connectivity index (χ4n) is 2.37. The predicted molar refractivity (Wildman–Crippen MR) is 71.7 cm³/mol. The van der Waals surface area contributed by atoms with Crippen LogP contribution in [-0.2, 0) is 0 Å². The van der Waals surface area contributed by atoms with Gasteiger partial charge in [0.15, 0.2) is 11.6 Å². The van der Waals surface area contributed by atoms with Gasteiger partial charge in [-0.2, -0.15) is 0 Å². The van der Waals surface area contributed by atoms with E-state index in [1.165, 1.54) is 0 Å². The second-order valence-electron chi connectivity index (χ2n) is 5.16. The van der Waals surface area contributed by atoms with Gasteiger partial charge < -0.3 is 5.32 Å². The van der Waals surface area contributed by atoms with Gasteiger partial charge in [-0.1, -0.05) is 39.8 Å². The van der Waals surface area contributed by atoms with Crippen molar-refractivity contribution in [2.75, 3.05) is 6.54 Å². The summed E-state index contributed by atoms with van der Waals surface area (Å²) in [6.45, 7) is 9.13. The smallest absolute Gasteiger partial charge is 0.162 e. The molecule has 0 saturated carbocycles. The van der Waals surface area contributed by atoms with Gasteiger partial charge in [-0.25, -0.2) is 8.78 Å². The van der Waals surface area contributed by atoms with Crippen molar-refractivity contribution in [3.8, 4) is 0 Å². The molecule has 0 aliphatic carbocycles. The van der Waals surface area contributed by atoms with E-state index < -0.39 is 11.6 Å². The lowest BCUT2D eigenvalue weighted by Crippen LogP contribution is -2.39. The van der Waals surface area contributed by atoms with Crippen LogP contribution in [0, 0.1) is 17.6 Å². The minimum absolute atomic E-state index is 0.0488. The van der Waals surface area contributed by atoms with E-state index in [-0.39, 0.29) is 12.0 Å². The lowest BCUT2D eigenvalue weighted by atomic mass is 9.86. The predicted octanol–water partition coefficient (Wildman–Crippen LogP) is 4.09. The highest BCUT2D eigenvalue weighted by molar-refractivity contribution is 5.24. The third-order valence-electron chi connectivity index (χ3n) is 3.36. The Balaban J connectivity index is 2.94. The highest BCUT2D eigenvalue weighted by atomic mass is 19.2. The van der Waals surface area contributed by atoms with Crippen LogP contribution in [0.5, 0.6) is 0 Å². The molecule has 1 aromatic carbocycles. The van der Waals surface area contributed by atoms with Crippen molar-refractivity contribution >= 4 is 0 Å². The minimum atomic E-state index is -0.766. The first-order chi connectivity index (χ1) is 8.49. The Morgan fingerprint density at radius 2 is 1.83 bits per heavy atom. The molecule has 0 bridgehead atoms. The summed E-state index contributed by atoms with van der Waals surface area (Å²) in [6, 6.07) is 4.56. The van der Waals surface area contributed by atoms with Gasteiger partial charge >= 0.3 is 0 Å². The molecule has 0 radical (unpaired) electrons. The Kier molecular flexibility index (Phi) is 5.73. The molecule has 0 aliphatic rings. The summed E-state index contributed by atoms with van der Waals surface area (Å²) in [7, 11) is 0. The molecular weight excluding hydrogens is 232 g/mol. The fraction of sp³-hybridized carbons (Fsp3) is 0.600. The molecule has 2 unspecified atom stereocenters. The normalized spacial score (nSPS) is 14.8. The highest BCUT2D eigenvalue weighted by Crippen LogP contribution is 2.27. The van der Waals surface area contributed by atoms with Gasteiger partial charge in [0.25, 0.3) is 0 Å². The first-order valence-corrected chi connectivity index (χ1v) is 6.66. The van der Waals surface area contributed by atoms with Crippen LogP contribution < -0.4 is 5.32 Å². The summed E-state index contributed by atoms with van der Waals surface area (Å²) in [5.41, 5.74) is 0.456. The van der Waals surface area contributed by atoms with Gasteiger partial charge in [0.1, 0.15) is 0 Å². The number of benzene rings is 1. The maximum Gasteiger partial charge on any atom is 0.162 e. The van der Waals surface area contributed by atoms with Crippen LogP contribution >= 0.6 is 0 Å². The Morgan fingerprint density at radius 3 is 2.39 bits per heavy atom. The van der Waals surface area contributed by atoms with Crippen molar-refractivity contribution in [1.29, 1.82) is 0 Å². The third-order valence-corrected chi connectivity index (χ3v) is 3.36. The number of hydrogen-bond acceptors (Lipinski definition) is 1. The quantitative estimate of drug-likeness (QED) is 0.807. The van der Waals surface area contributed by atoms with Crippen molar-refractivity contribution < 1.29 is 8.78 Å². The molecule has 1 rings (SSSR count). The Hall–Kier alpha value is -0.960. The molecule has 0 amide bonds. The SMILES string of the molecule is CCCNC(C(C)C)C(C)c1cccc(F)c1F. The van der Waals surface area contributed by atoms with Crippen molar-refractivity contribution in [3.05, 3.63) is 35.4 Å². The summed E-state index contributed by atoms with van der Waals surface area (Å²) < 4.78 is 27.1. The molecule has 18 heavy (non-hydrogen) atoms. The molecule has 1 aromatic rings. The first kappa shape index (κ1) is 15.1. The van der Waals surface area contributed by atoms with Crippen LogP contribution in [0.1, 0.15) is 45.6 Å². The van der Waals surface area contributed by atoms with Crippen LogP contribution in [-0.4, -0.2) is 12.6 Å². The molecule has 2 atom stereocenters. The zero-order valence-electron chi connectivity index (χ0n) is 11.6. The van der Waals surface area contributed by atoms with Gasteiger partial charge in [-0.15, -0.1) is 0 Å². The highest BCUT2D eigenvalue weighted by Gasteiger charge is 2.24. The van der Waals surface area contributed by atoms with Gasteiger partial charge in [0.2, 0.25) is 0 Å². The second kappa shape index (κ2) is 6.83. The van der Waals surface area contributed by atoms with Gasteiger partial charge in [0, 0.05) is 6.04 Å². The van der Waals surface area contributed by atoms with E-state index in [0.29, 0.717) is 11.5 Å². The monoisotopic (exact) mass is 255 g/mol. The van der Waals surface area contributed by atoms with E-state index in [9.17, 15) is 8.78 Å². The average molecular weight is 255 g/mol. The first-order valence-electron chi connectivity index (χ1n) is 6.66. The maximum absolute atomic E-state index is 13.8. The zero-order valence-corrected chi connectivity index (χ0v) is 11.6. The average Bonchev–Trinajstić information content (AvgIpc) is 2.32. The second-order valence-corrected chi connectivity index (χ2v) is 5.16. The number of hydrogen-bond donors (Lipinski definition) is 1. The van der Waals surface area contributed by atoms with Crippen LogP contribution in [0.25, 0.3) is 0 Å². The third kappa shape index (κ3) is 3.52. The molecule has 0 aromatic heterocycles. The van der Waals surface area contributed by atoms with Crippen LogP contribution in [0.15, 0.2) is 18.2 Å². The van der Waals surface area contributed by atoms with Gasteiger partial charge in [-0.3, -0.25) is 0 Å². The minimum Gasteiger partial charge on any atom is -0.313 e. The topological polar surface area (TPSA) is 12.0 Å². The Bertz CT molecular complexity index is 377. The molecule has 1 nitrogen and oxygen atoms in total. The van der Waals surface area contributed by atoms with Crippen molar-refractivity contribution in [3.63, 3.8) is 0 Å². The van der Waals surface area contributed by atoms with Crippen LogP contribution in [0.3, 0.4) is 0 Å². The lowest BCUT2D eigenvalue weighted by Gasteiger charge is -2.29. The standard InChI is InChI=1S/C15H23F2N/c1-5-9-18-15(10(2)3)11(4)12-7-6-8-13(16)14(12)17/h6-8,10-11,15,18H,5,9H2,1-4H3. The van der Waals surface area contributed by atoms with Crippen molar-refractivity contribution in [2.24, 2.45) is 5.92 Å². The molecule has 0 spiro atoms. The van der Waals surface area contributed by atoms with E-state index >= 15 is 0 Å². The van der Waals surface area contributed by atoms with Crippen LogP contribution in [0.2, 0.25) is 0 Å². The van der Waals surface area contributed by atoms with Crippen LogP contribution in [0.4, 0.5) is 8.78 Å². The number of nitrogens with one attached hydrogen (secondary N) is 1. The Labute approximate surface area is 109 Å². The molecule has 0 fully saturated rings. The lowest BCUT2D eigenvalue weighted by molar-refractivity contribution is 0.345. The number of rotatable bonds is 6. The molecule has 102 valence electrons. The van der Waals surface area contributed by atoms with E-state index in [1.807, 2.05) is 6.92 Å². The van der Waals surface area contributed by atoms with Gasteiger partial charge in [0.05, 0.1) is 0 Å². The van der Waals surface area contributed by atoms with E-state index in [0.717, 1.165) is 19.0 Å². The Morgan fingerprint density at radius 1 is 1.17 bits per heavy atom. The summed E-state index contributed by atoms with van der Waals surface area (Å²) in [6.07, 6.45) is 1.03. The number of halogens is 2. The molecule has 3 heteroatoms. The molecule has 0 aliphatic heterocycles. The maximum atomic E-state index is 13.8. The van der Waals surface area contributed by atoms with Crippen molar-refractivity contribution in [2.45, 2.75) is 46.1 Å². The molecular formula is C15H23F2N. The van der Waals surface area contributed by atoms with Gasteiger partial charge in [-0.05, 0) is 36.4 Å². The summed E-state index contributed by atoms with van der Waals surface area (Å²) in [5, 5.41) is 3.42. The molecule has 1 N–H and O–H groups in total. The molecule has 0 heterocycles. The molecule has 0 saturated heterocycles. The summed E-state index contributed by atoms with van der Waals surface area (Å²) in [4.78, 5) is 0. The van der Waals surface area contributed by atoms with E-state index in [1.54, 1.807) is 12.1 Å². The zero-order chi connectivity index (χ0) is 13.7. The largest absolute Gasteiger partial charge is 0.313 e. The summed E-state index contributed by atoms with van der Waals surface area (Å²) in [5.74, 6) is -1.16. The summed E-state index contributed by atoms with van der Waals surface area (Å²) >= 11 is 0. The fourth-order valence-corrected chi connectivity index (χ4v) is 2.37. The van der Waals surface area contributed by atoms with E-state index in [4.69, 9.17) is 0 Å². The van der Waals surface area contributed by atoms with E-state index in [2.05, 4.69) is 26.1 Å². The van der Waals surface area contributed by atoms with Crippen molar-refractivity contribution in [1.82, 2.24) is 5.32 Å².